The molecular weight excluding hydrogens is 214 g/mol. The third kappa shape index (κ3) is 2.07. The molecule has 1 nitrogen and oxygen atoms in total. The van der Waals surface area contributed by atoms with Crippen molar-refractivity contribution < 1.29 is 0 Å². The maximum absolute atomic E-state index is 4.70. The van der Waals surface area contributed by atoms with E-state index in [9.17, 15) is 0 Å². The van der Waals surface area contributed by atoms with Gasteiger partial charge in [0.2, 0.25) is 0 Å². The second-order valence-electron chi connectivity index (χ2n) is 4.37. The summed E-state index contributed by atoms with van der Waals surface area (Å²) < 4.78 is 0. The Balaban J connectivity index is 1.86. The van der Waals surface area contributed by atoms with E-state index < -0.39 is 0 Å². The summed E-state index contributed by atoms with van der Waals surface area (Å²) in [5.74, 6) is 0. The minimum Gasteiger partial charge on any atom is -0.241 e. The van der Waals surface area contributed by atoms with E-state index in [1.165, 1.54) is 36.1 Å². The predicted molar refractivity (Wildman–Crippen MR) is 69.9 cm³/mol. The zero-order valence-electron chi connectivity index (χ0n) is 9.23. The summed E-state index contributed by atoms with van der Waals surface area (Å²) in [6, 6.07) is 12.7. The largest absolute Gasteiger partial charge is 0.241 e. The molecule has 1 aliphatic carbocycles. The molecule has 2 aromatic rings. The lowest BCUT2D eigenvalue weighted by Gasteiger charge is -2.08. The third-order valence-corrected chi connectivity index (χ3v) is 4.44. The Morgan fingerprint density at radius 2 is 1.81 bits per heavy atom. The van der Waals surface area contributed by atoms with Crippen molar-refractivity contribution in [2.24, 2.45) is 0 Å². The van der Waals surface area contributed by atoms with Crippen molar-refractivity contribution in [3.8, 4) is 0 Å². The zero-order chi connectivity index (χ0) is 10.8. The van der Waals surface area contributed by atoms with Crippen LogP contribution in [0.25, 0.3) is 10.9 Å². The number of fused-ring (bicyclic) bond motifs is 1. The van der Waals surface area contributed by atoms with Crippen molar-refractivity contribution >= 4 is 22.7 Å². The number of pyridine rings is 1. The number of hydrogen-bond acceptors (Lipinski definition) is 2. The highest BCUT2D eigenvalue weighted by atomic mass is 32.2. The normalized spacial score (nSPS) is 17.0. The molecule has 0 saturated heterocycles. The van der Waals surface area contributed by atoms with Crippen LogP contribution in [-0.2, 0) is 0 Å². The molecule has 0 unspecified atom stereocenters. The van der Waals surface area contributed by atoms with E-state index in [0.29, 0.717) is 0 Å². The fourth-order valence-electron chi connectivity index (χ4n) is 2.29. The van der Waals surface area contributed by atoms with Gasteiger partial charge >= 0.3 is 0 Å². The summed E-state index contributed by atoms with van der Waals surface area (Å²) in [4.78, 5) is 4.70. The van der Waals surface area contributed by atoms with Crippen molar-refractivity contribution in [3.63, 3.8) is 0 Å². The van der Waals surface area contributed by atoms with Gasteiger partial charge in [0.1, 0.15) is 0 Å². The summed E-state index contributed by atoms with van der Waals surface area (Å²) >= 11 is 1.95. The Morgan fingerprint density at radius 1 is 1.00 bits per heavy atom. The first-order chi connectivity index (χ1) is 7.92. The average Bonchev–Trinajstić information content (AvgIpc) is 2.82. The van der Waals surface area contributed by atoms with Crippen LogP contribution in [0, 0.1) is 0 Å². The summed E-state index contributed by atoms with van der Waals surface area (Å²) in [7, 11) is 0. The third-order valence-electron chi connectivity index (χ3n) is 3.16. The summed E-state index contributed by atoms with van der Waals surface area (Å²) in [5.41, 5.74) is 1.12. The van der Waals surface area contributed by atoms with Crippen LogP contribution in [0.1, 0.15) is 25.7 Å². The van der Waals surface area contributed by atoms with E-state index in [-0.39, 0.29) is 0 Å². The highest BCUT2D eigenvalue weighted by Crippen LogP contribution is 2.34. The Labute approximate surface area is 100 Å². The monoisotopic (exact) mass is 229 g/mol. The van der Waals surface area contributed by atoms with Crippen LogP contribution in [0.5, 0.6) is 0 Å². The molecule has 1 aliphatic rings. The fraction of sp³-hybridized carbons (Fsp3) is 0.357. The van der Waals surface area contributed by atoms with Crippen LogP contribution in [-0.4, -0.2) is 10.2 Å². The van der Waals surface area contributed by atoms with Crippen molar-refractivity contribution in [1.82, 2.24) is 4.98 Å². The fourth-order valence-corrected chi connectivity index (χ4v) is 3.50. The SMILES string of the molecule is c1ccc2nc(SC3CCCC3)ccc2c1. The molecule has 0 aliphatic heterocycles. The Bertz CT molecular complexity index is 489. The number of para-hydroxylation sites is 1. The lowest BCUT2D eigenvalue weighted by molar-refractivity contribution is 0.886. The maximum atomic E-state index is 4.70. The van der Waals surface area contributed by atoms with Gasteiger partial charge in [-0.15, -0.1) is 11.8 Å². The van der Waals surface area contributed by atoms with Crippen LogP contribution in [0.3, 0.4) is 0 Å². The van der Waals surface area contributed by atoms with Crippen LogP contribution in [0.4, 0.5) is 0 Å². The summed E-state index contributed by atoms with van der Waals surface area (Å²) in [5, 5.41) is 3.22. The van der Waals surface area contributed by atoms with Gasteiger partial charge in [-0.2, -0.15) is 0 Å². The first-order valence-corrected chi connectivity index (χ1v) is 6.82. The molecule has 1 fully saturated rings. The van der Waals surface area contributed by atoms with Gasteiger partial charge < -0.3 is 0 Å². The van der Waals surface area contributed by atoms with E-state index in [0.717, 1.165) is 10.8 Å². The zero-order valence-corrected chi connectivity index (χ0v) is 10.0. The van der Waals surface area contributed by atoms with E-state index in [1.54, 1.807) is 0 Å². The minimum atomic E-state index is 0.800. The summed E-state index contributed by atoms with van der Waals surface area (Å²) in [6.45, 7) is 0. The molecule has 3 rings (SSSR count). The molecule has 0 atom stereocenters. The number of nitrogens with zero attached hydrogens (tertiary/aromatic N) is 1. The van der Waals surface area contributed by atoms with Crippen LogP contribution >= 0.6 is 11.8 Å². The van der Waals surface area contributed by atoms with E-state index in [1.807, 2.05) is 11.8 Å². The van der Waals surface area contributed by atoms with Crippen molar-refractivity contribution in [3.05, 3.63) is 36.4 Å². The number of aromatic nitrogens is 1. The van der Waals surface area contributed by atoms with Crippen molar-refractivity contribution in [1.29, 1.82) is 0 Å². The van der Waals surface area contributed by atoms with Gasteiger partial charge in [0.15, 0.2) is 0 Å². The first-order valence-electron chi connectivity index (χ1n) is 5.94. The van der Waals surface area contributed by atoms with E-state index in [2.05, 4.69) is 36.4 Å². The Hall–Kier alpha value is -1.02. The molecule has 1 heterocycles. The molecular formula is C14H15NS. The number of rotatable bonds is 2. The van der Waals surface area contributed by atoms with Crippen molar-refractivity contribution in [2.45, 2.75) is 36.0 Å². The van der Waals surface area contributed by atoms with Gasteiger partial charge in [0.05, 0.1) is 10.5 Å². The molecule has 0 radical (unpaired) electrons. The van der Waals surface area contributed by atoms with Crippen LogP contribution in [0.2, 0.25) is 0 Å². The smallest absolute Gasteiger partial charge is 0.0970 e. The number of thioether (sulfide) groups is 1. The van der Waals surface area contributed by atoms with E-state index in [4.69, 9.17) is 4.98 Å². The Kier molecular flexibility index (Phi) is 2.83. The topological polar surface area (TPSA) is 12.9 Å². The molecule has 1 aromatic carbocycles. The molecule has 82 valence electrons. The van der Waals surface area contributed by atoms with Crippen LogP contribution < -0.4 is 0 Å². The maximum Gasteiger partial charge on any atom is 0.0970 e. The predicted octanol–water partition coefficient (Wildman–Crippen LogP) is 4.27. The molecule has 0 amide bonds. The van der Waals surface area contributed by atoms with Gasteiger partial charge in [0.25, 0.3) is 0 Å². The molecule has 1 saturated carbocycles. The first kappa shape index (κ1) is 10.2. The molecule has 0 N–H and O–H groups in total. The average molecular weight is 229 g/mol. The molecule has 0 spiro atoms. The van der Waals surface area contributed by atoms with Gasteiger partial charge in [-0.25, -0.2) is 4.98 Å². The standard InChI is InChI=1S/C14H15NS/c1-4-8-13-11(5-1)9-10-14(15-13)16-12-6-2-3-7-12/h1,4-5,8-10,12H,2-3,6-7H2. The highest BCUT2D eigenvalue weighted by molar-refractivity contribution is 7.99. The van der Waals surface area contributed by atoms with Gasteiger partial charge in [0, 0.05) is 10.6 Å². The molecule has 16 heavy (non-hydrogen) atoms. The van der Waals surface area contributed by atoms with Gasteiger partial charge in [-0.1, -0.05) is 37.1 Å². The quantitative estimate of drug-likeness (QED) is 0.762. The van der Waals surface area contributed by atoms with Crippen LogP contribution in [0.15, 0.2) is 41.4 Å². The van der Waals surface area contributed by atoms with Gasteiger partial charge in [-0.05, 0) is 25.0 Å². The second-order valence-corrected chi connectivity index (χ2v) is 5.69. The number of hydrogen-bond donors (Lipinski definition) is 0. The molecule has 2 heteroatoms. The number of benzene rings is 1. The van der Waals surface area contributed by atoms with E-state index >= 15 is 0 Å². The van der Waals surface area contributed by atoms with Crippen molar-refractivity contribution in [2.75, 3.05) is 0 Å². The Morgan fingerprint density at radius 3 is 2.69 bits per heavy atom. The minimum absolute atomic E-state index is 0.800. The lowest BCUT2D eigenvalue weighted by atomic mass is 10.2. The summed E-state index contributed by atoms with van der Waals surface area (Å²) in [6.07, 6.45) is 5.51. The highest BCUT2D eigenvalue weighted by Gasteiger charge is 2.16. The molecule has 1 aromatic heterocycles. The lowest BCUT2D eigenvalue weighted by Crippen LogP contribution is -1.94. The van der Waals surface area contributed by atoms with Gasteiger partial charge in [-0.3, -0.25) is 0 Å². The second kappa shape index (κ2) is 4.46. The molecule has 0 bridgehead atoms.